The maximum Gasteiger partial charge on any atom is 0.290 e. The number of aryl methyl sites for hydroxylation is 1. The summed E-state index contributed by atoms with van der Waals surface area (Å²) in [7, 11) is 3.28. The molecule has 5 nitrogen and oxygen atoms in total. The maximum absolute atomic E-state index is 12.8. The number of furan rings is 1. The summed E-state index contributed by atoms with van der Waals surface area (Å²) in [6, 6.07) is 5.76. The number of methoxy groups -OCH3 is 2. The first-order valence-electron chi connectivity index (χ1n) is 7.52. The number of hydrogen-bond acceptors (Lipinski definition) is 4. The number of fused-ring (bicyclic) bond motifs is 1. The van der Waals surface area contributed by atoms with Crippen molar-refractivity contribution in [3.63, 3.8) is 0 Å². The molecule has 2 heterocycles. The minimum atomic E-state index is -0.0489. The summed E-state index contributed by atoms with van der Waals surface area (Å²) in [5, 5.41) is 0.951. The van der Waals surface area contributed by atoms with Gasteiger partial charge >= 0.3 is 0 Å². The highest BCUT2D eigenvalue weighted by Gasteiger charge is 2.32. The van der Waals surface area contributed by atoms with Gasteiger partial charge in [0.2, 0.25) is 0 Å². The van der Waals surface area contributed by atoms with Gasteiger partial charge in [-0.3, -0.25) is 4.79 Å². The Morgan fingerprint density at radius 1 is 1.41 bits per heavy atom. The van der Waals surface area contributed by atoms with Crippen LogP contribution in [0.3, 0.4) is 0 Å². The van der Waals surface area contributed by atoms with Gasteiger partial charge in [-0.05, 0) is 31.9 Å². The molecule has 1 fully saturated rings. The molecule has 1 aromatic heterocycles. The highest BCUT2D eigenvalue weighted by molar-refractivity contribution is 5.99. The lowest BCUT2D eigenvalue weighted by Gasteiger charge is -2.23. The van der Waals surface area contributed by atoms with Gasteiger partial charge in [-0.1, -0.05) is 0 Å². The van der Waals surface area contributed by atoms with E-state index in [4.69, 9.17) is 13.9 Å². The van der Waals surface area contributed by atoms with Gasteiger partial charge < -0.3 is 18.8 Å². The average molecular weight is 303 g/mol. The molecule has 0 spiro atoms. The first kappa shape index (κ1) is 14.9. The van der Waals surface area contributed by atoms with Crippen LogP contribution in [0.5, 0.6) is 5.75 Å². The van der Waals surface area contributed by atoms with E-state index in [1.54, 1.807) is 14.2 Å². The Morgan fingerprint density at radius 2 is 2.23 bits per heavy atom. The van der Waals surface area contributed by atoms with Crippen LogP contribution in [0.25, 0.3) is 11.0 Å². The predicted molar refractivity (Wildman–Crippen MR) is 83.4 cm³/mol. The van der Waals surface area contributed by atoms with Gasteiger partial charge in [0.15, 0.2) is 5.76 Å². The molecule has 1 amide bonds. The third-order valence-electron chi connectivity index (χ3n) is 4.34. The van der Waals surface area contributed by atoms with Crippen molar-refractivity contribution in [3.8, 4) is 5.75 Å². The number of likely N-dealkylation sites (tertiary alicyclic amines) is 1. The summed E-state index contributed by atoms with van der Waals surface area (Å²) in [5.74, 6) is 1.09. The van der Waals surface area contributed by atoms with Crippen molar-refractivity contribution < 1.29 is 18.7 Å². The molecular formula is C17H21NO4. The van der Waals surface area contributed by atoms with E-state index in [1.165, 1.54) is 0 Å². The number of benzene rings is 1. The molecule has 1 aliphatic heterocycles. The van der Waals surface area contributed by atoms with Crippen LogP contribution in [0.4, 0.5) is 0 Å². The number of amides is 1. The first-order valence-corrected chi connectivity index (χ1v) is 7.52. The molecule has 118 valence electrons. The third-order valence-corrected chi connectivity index (χ3v) is 4.34. The van der Waals surface area contributed by atoms with E-state index in [-0.39, 0.29) is 11.9 Å². The first-order chi connectivity index (χ1) is 10.7. The van der Waals surface area contributed by atoms with Crippen molar-refractivity contribution in [1.82, 2.24) is 4.90 Å². The summed E-state index contributed by atoms with van der Waals surface area (Å²) < 4.78 is 16.3. The van der Waals surface area contributed by atoms with E-state index in [9.17, 15) is 4.79 Å². The topological polar surface area (TPSA) is 51.9 Å². The maximum atomic E-state index is 12.8. The molecule has 0 N–H and O–H groups in total. The molecule has 1 atom stereocenters. The van der Waals surface area contributed by atoms with Crippen LogP contribution in [-0.2, 0) is 4.74 Å². The number of carbonyl (C=O) groups excluding carboxylic acids is 1. The normalized spacial score (nSPS) is 18.1. The van der Waals surface area contributed by atoms with Crippen molar-refractivity contribution in [1.29, 1.82) is 0 Å². The lowest BCUT2D eigenvalue weighted by molar-refractivity contribution is 0.0602. The zero-order chi connectivity index (χ0) is 15.7. The fourth-order valence-electron chi connectivity index (χ4n) is 3.14. The molecule has 5 heteroatoms. The van der Waals surface area contributed by atoms with E-state index < -0.39 is 0 Å². The van der Waals surface area contributed by atoms with E-state index in [2.05, 4.69) is 0 Å². The highest BCUT2D eigenvalue weighted by atomic mass is 16.5. The predicted octanol–water partition coefficient (Wildman–Crippen LogP) is 3.00. The number of hydrogen-bond donors (Lipinski definition) is 0. The highest BCUT2D eigenvalue weighted by Crippen LogP contribution is 2.30. The molecule has 2 aromatic rings. The number of ether oxygens (including phenoxy) is 2. The molecule has 22 heavy (non-hydrogen) atoms. The molecule has 0 aliphatic carbocycles. The molecule has 1 aromatic carbocycles. The van der Waals surface area contributed by atoms with Crippen LogP contribution in [0.15, 0.2) is 22.6 Å². The Bertz CT molecular complexity index is 691. The SMILES string of the molecule is COC[C@H]1CCCN1C(=O)c1oc2cc(OC)ccc2c1C. The van der Waals surface area contributed by atoms with Crippen LogP contribution < -0.4 is 4.74 Å². The van der Waals surface area contributed by atoms with E-state index in [0.717, 1.165) is 36.1 Å². The second-order valence-corrected chi connectivity index (χ2v) is 5.67. The lowest BCUT2D eigenvalue weighted by atomic mass is 10.1. The lowest BCUT2D eigenvalue weighted by Crippen LogP contribution is -2.38. The summed E-state index contributed by atoms with van der Waals surface area (Å²) in [4.78, 5) is 14.7. The van der Waals surface area contributed by atoms with Gasteiger partial charge in [0, 0.05) is 30.7 Å². The van der Waals surface area contributed by atoms with Gasteiger partial charge in [-0.25, -0.2) is 0 Å². The van der Waals surface area contributed by atoms with Crippen molar-refractivity contribution >= 4 is 16.9 Å². The fraction of sp³-hybridized carbons (Fsp3) is 0.471. The van der Waals surface area contributed by atoms with E-state index >= 15 is 0 Å². The zero-order valence-electron chi connectivity index (χ0n) is 13.2. The zero-order valence-corrected chi connectivity index (χ0v) is 13.2. The van der Waals surface area contributed by atoms with Gasteiger partial charge in [0.1, 0.15) is 11.3 Å². The Balaban J connectivity index is 1.95. The second kappa shape index (κ2) is 6.01. The van der Waals surface area contributed by atoms with Gasteiger partial charge in [-0.2, -0.15) is 0 Å². The Kier molecular flexibility index (Phi) is 4.07. The molecular weight excluding hydrogens is 282 g/mol. The Morgan fingerprint density at radius 3 is 2.95 bits per heavy atom. The Hall–Kier alpha value is -2.01. The molecule has 0 radical (unpaired) electrons. The average Bonchev–Trinajstić information content (AvgIpc) is 3.11. The van der Waals surface area contributed by atoms with Gasteiger partial charge in [-0.15, -0.1) is 0 Å². The minimum Gasteiger partial charge on any atom is -0.497 e. The van der Waals surface area contributed by atoms with Crippen molar-refractivity contribution in [2.24, 2.45) is 0 Å². The van der Waals surface area contributed by atoms with Crippen molar-refractivity contribution in [3.05, 3.63) is 29.5 Å². The van der Waals surface area contributed by atoms with E-state index in [1.807, 2.05) is 30.0 Å². The minimum absolute atomic E-state index is 0.0489. The van der Waals surface area contributed by atoms with E-state index in [0.29, 0.717) is 18.0 Å². The molecule has 1 aliphatic rings. The summed E-state index contributed by atoms with van der Waals surface area (Å²) in [5.41, 5.74) is 1.56. The Labute approximate surface area is 129 Å². The quantitative estimate of drug-likeness (QED) is 0.871. The standard InChI is InChI=1S/C17H21NO4/c1-11-14-7-6-13(21-3)9-15(14)22-16(11)17(19)18-8-4-5-12(18)10-20-2/h6-7,9,12H,4-5,8,10H2,1-3H3/t12-/m1/s1. The number of nitrogens with zero attached hydrogens (tertiary/aromatic N) is 1. The van der Waals surface area contributed by atoms with Crippen LogP contribution in [0.2, 0.25) is 0 Å². The third kappa shape index (κ3) is 2.46. The summed E-state index contributed by atoms with van der Waals surface area (Å²) >= 11 is 0. The van der Waals surface area contributed by atoms with Crippen LogP contribution in [0, 0.1) is 6.92 Å². The fourth-order valence-corrected chi connectivity index (χ4v) is 3.14. The number of rotatable bonds is 4. The van der Waals surface area contributed by atoms with Gasteiger partial charge in [0.25, 0.3) is 5.91 Å². The van der Waals surface area contributed by atoms with Crippen LogP contribution in [0.1, 0.15) is 29.0 Å². The molecule has 1 saturated heterocycles. The molecule has 0 unspecified atom stereocenters. The summed E-state index contributed by atoms with van der Waals surface area (Å²) in [6.45, 7) is 3.25. The van der Waals surface area contributed by atoms with Crippen LogP contribution >= 0.6 is 0 Å². The largest absolute Gasteiger partial charge is 0.497 e. The molecule has 0 saturated carbocycles. The van der Waals surface area contributed by atoms with Crippen molar-refractivity contribution in [2.75, 3.05) is 27.4 Å². The smallest absolute Gasteiger partial charge is 0.290 e. The molecule has 3 rings (SSSR count). The number of carbonyl (C=O) groups is 1. The molecule has 0 bridgehead atoms. The van der Waals surface area contributed by atoms with Crippen molar-refractivity contribution in [2.45, 2.75) is 25.8 Å². The summed E-state index contributed by atoms with van der Waals surface area (Å²) in [6.07, 6.45) is 1.99. The second-order valence-electron chi connectivity index (χ2n) is 5.67. The van der Waals surface area contributed by atoms with Crippen LogP contribution in [-0.4, -0.2) is 44.2 Å². The van der Waals surface area contributed by atoms with Gasteiger partial charge in [0.05, 0.1) is 19.8 Å². The monoisotopic (exact) mass is 303 g/mol.